The van der Waals surface area contributed by atoms with E-state index in [9.17, 15) is 0 Å². The van der Waals surface area contributed by atoms with Gasteiger partial charge in [-0.1, -0.05) is 83.3 Å². The molecule has 0 unspecified atom stereocenters. The maximum Gasteiger partial charge on any atom is -0.0316 e. The molecule has 0 rings (SSSR count). The number of unbranched alkanes of at least 4 members (excludes halogenated alkanes) is 11. The van der Waals surface area contributed by atoms with Crippen LogP contribution in [0, 0.1) is 6.92 Å². The zero-order chi connectivity index (χ0) is 11.9. The Labute approximate surface area is 104 Å². The molecular weight excluding hydrogens is 192 g/mol. The molecule has 0 heterocycles. The molecule has 1 radical (unpaired) electrons. The van der Waals surface area contributed by atoms with Crippen LogP contribution in [-0.4, -0.2) is 0 Å². The fourth-order valence-electron chi connectivity index (χ4n) is 2.04. The van der Waals surface area contributed by atoms with Crippen molar-refractivity contribution in [3.05, 3.63) is 19.1 Å². The molecule has 0 bridgehead atoms. The van der Waals surface area contributed by atoms with E-state index >= 15 is 0 Å². The van der Waals surface area contributed by atoms with Gasteiger partial charge in [0.2, 0.25) is 0 Å². The van der Waals surface area contributed by atoms with Gasteiger partial charge in [-0.25, -0.2) is 0 Å². The number of hydrogen-bond acceptors (Lipinski definition) is 0. The number of rotatable bonds is 12. The highest BCUT2D eigenvalue weighted by molar-refractivity contribution is 4.83. The van der Waals surface area contributed by atoms with Gasteiger partial charge in [0.05, 0.1) is 0 Å². The molecule has 0 saturated heterocycles. The van der Waals surface area contributed by atoms with Crippen LogP contribution in [-0.2, 0) is 0 Å². The zero-order valence-corrected chi connectivity index (χ0v) is 11.3. The van der Waals surface area contributed by atoms with Crippen molar-refractivity contribution in [2.24, 2.45) is 0 Å². The lowest BCUT2D eigenvalue weighted by molar-refractivity contribution is 0.550. The molecule has 0 aliphatic carbocycles. The van der Waals surface area contributed by atoms with Crippen LogP contribution in [0.3, 0.4) is 0 Å². The second kappa shape index (κ2) is 14.7. The van der Waals surface area contributed by atoms with Gasteiger partial charge in [0.15, 0.2) is 0 Å². The summed E-state index contributed by atoms with van der Waals surface area (Å²) in [6.45, 7) is 5.98. The third-order valence-electron chi connectivity index (χ3n) is 3.14. The van der Waals surface area contributed by atoms with E-state index in [4.69, 9.17) is 0 Å². The third-order valence-corrected chi connectivity index (χ3v) is 3.14. The van der Waals surface area contributed by atoms with Gasteiger partial charge in [-0.15, -0.1) is 0 Å². The highest BCUT2D eigenvalue weighted by atomic mass is 14.0. The molecule has 95 valence electrons. The van der Waals surface area contributed by atoms with E-state index in [0.717, 1.165) is 0 Å². The summed E-state index contributed by atoms with van der Waals surface area (Å²) >= 11 is 0. The van der Waals surface area contributed by atoms with Gasteiger partial charge in [0, 0.05) is 0 Å². The van der Waals surface area contributed by atoms with Crippen LogP contribution in [0.1, 0.15) is 84.0 Å². The van der Waals surface area contributed by atoms with E-state index in [-0.39, 0.29) is 0 Å². The van der Waals surface area contributed by atoms with Crippen LogP contribution in [0.4, 0.5) is 0 Å². The summed E-state index contributed by atoms with van der Waals surface area (Å²) in [5, 5.41) is 0. The van der Waals surface area contributed by atoms with Crippen molar-refractivity contribution in [3.63, 3.8) is 0 Å². The maximum atomic E-state index is 3.69. The van der Waals surface area contributed by atoms with Crippen LogP contribution in [0.5, 0.6) is 0 Å². The lowest BCUT2D eigenvalue weighted by Gasteiger charge is -2.01. The molecule has 0 aromatic carbocycles. The molecule has 0 N–H and O–H groups in total. The minimum Gasteiger partial charge on any atom is -0.0885 e. The lowest BCUT2D eigenvalue weighted by Crippen LogP contribution is -1.81. The second-order valence-corrected chi connectivity index (χ2v) is 4.80. The Morgan fingerprint density at radius 2 is 1.12 bits per heavy atom. The zero-order valence-electron chi connectivity index (χ0n) is 11.3. The van der Waals surface area contributed by atoms with Crippen LogP contribution in [0.2, 0.25) is 0 Å². The molecule has 0 amide bonds. The van der Waals surface area contributed by atoms with Crippen LogP contribution in [0.15, 0.2) is 12.2 Å². The molecule has 0 saturated carbocycles. The van der Waals surface area contributed by atoms with Gasteiger partial charge in [-0.3, -0.25) is 0 Å². The first kappa shape index (κ1) is 15.7. The molecule has 0 atom stereocenters. The molecule has 0 aliphatic heterocycles. The summed E-state index contributed by atoms with van der Waals surface area (Å²) in [5.41, 5.74) is 0. The van der Waals surface area contributed by atoms with Gasteiger partial charge in [-0.05, 0) is 19.8 Å². The highest BCUT2D eigenvalue weighted by Gasteiger charge is 1.92. The summed E-state index contributed by atoms with van der Waals surface area (Å²) in [6, 6.07) is 0. The van der Waals surface area contributed by atoms with E-state index in [1.54, 1.807) is 0 Å². The Morgan fingerprint density at radius 3 is 1.56 bits per heavy atom. The minimum atomic E-state index is 1.22. The molecule has 0 aromatic rings. The standard InChI is InChI=1S/C16H31/c1-3-5-7-9-11-13-15-16-14-12-10-8-6-4-2/h3,5H,1,4,6-16H2,2H3/b5-3+. The normalized spacial score (nSPS) is 11.4. The monoisotopic (exact) mass is 223 g/mol. The van der Waals surface area contributed by atoms with E-state index in [2.05, 4.69) is 19.9 Å². The Morgan fingerprint density at radius 1 is 0.688 bits per heavy atom. The molecule has 0 spiro atoms. The molecule has 0 nitrogen and oxygen atoms in total. The van der Waals surface area contributed by atoms with E-state index < -0.39 is 0 Å². The van der Waals surface area contributed by atoms with Gasteiger partial charge in [0.25, 0.3) is 0 Å². The van der Waals surface area contributed by atoms with E-state index in [1.165, 1.54) is 77.0 Å². The number of hydrogen-bond donors (Lipinski definition) is 0. The van der Waals surface area contributed by atoms with E-state index in [0.29, 0.717) is 0 Å². The summed E-state index contributed by atoms with van der Waals surface area (Å²) in [5.74, 6) is 0. The maximum absolute atomic E-state index is 3.69. The predicted octanol–water partition coefficient (Wildman–Crippen LogP) is 6.08. The van der Waals surface area contributed by atoms with Crippen molar-refractivity contribution in [3.8, 4) is 0 Å². The second-order valence-electron chi connectivity index (χ2n) is 4.80. The molecule has 16 heavy (non-hydrogen) atoms. The molecule has 0 aromatic heterocycles. The van der Waals surface area contributed by atoms with Crippen molar-refractivity contribution in [2.45, 2.75) is 84.0 Å². The predicted molar refractivity (Wildman–Crippen MR) is 75.6 cm³/mol. The van der Waals surface area contributed by atoms with Crippen molar-refractivity contribution < 1.29 is 0 Å². The summed E-state index contributed by atoms with van der Waals surface area (Å²) in [4.78, 5) is 0. The molecule has 0 heteroatoms. The minimum absolute atomic E-state index is 1.22. The fourth-order valence-corrected chi connectivity index (χ4v) is 2.04. The summed E-state index contributed by atoms with van der Waals surface area (Å²) in [6.07, 6.45) is 21.0. The van der Waals surface area contributed by atoms with Crippen molar-refractivity contribution in [1.29, 1.82) is 0 Å². The Kier molecular flexibility index (Phi) is 14.5. The van der Waals surface area contributed by atoms with Crippen molar-refractivity contribution in [2.75, 3.05) is 0 Å². The van der Waals surface area contributed by atoms with Crippen LogP contribution >= 0.6 is 0 Å². The van der Waals surface area contributed by atoms with Gasteiger partial charge >= 0.3 is 0 Å². The quantitative estimate of drug-likeness (QED) is 0.352. The van der Waals surface area contributed by atoms with Crippen molar-refractivity contribution >= 4 is 0 Å². The topological polar surface area (TPSA) is 0 Å². The Balaban J connectivity index is 2.88. The number of allylic oxidation sites excluding steroid dienone is 2. The van der Waals surface area contributed by atoms with Gasteiger partial charge in [0.1, 0.15) is 0 Å². The third kappa shape index (κ3) is 13.7. The molecule has 0 fully saturated rings. The first-order valence-corrected chi connectivity index (χ1v) is 7.36. The molecular formula is C16H31. The molecule has 0 aliphatic rings. The van der Waals surface area contributed by atoms with Crippen LogP contribution in [0.25, 0.3) is 0 Å². The van der Waals surface area contributed by atoms with Gasteiger partial charge in [-0.2, -0.15) is 0 Å². The average Bonchev–Trinajstić information content (AvgIpc) is 2.31. The SMILES string of the molecule is [CH2]/C=C/CCCCCCCCCCCCC. The largest absolute Gasteiger partial charge is 0.0885 e. The van der Waals surface area contributed by atoms with Crippen LogP contribution < -0.4 is 0 Å². The van der Waals surface area contributed by atoms with Crippen molar-refractivity contribution in [1.82, 2.24) is 0 Å². The summed E-state index contributed by atoms with van der Waals surface area (Å²) < 4.78 is 0. The lowest BCUT2D eigenvalue weighted by atomic mass is 10.1. The average molecular weight is 223 g/mol. The highest BCUT2D eigenvalue weighted by Crippen LogP contribution is 2.11. The van der Waals surface area contributed by atoms with E-state index in [1.807, 2.05) is 6.08 Å². The fraction of sp³-hybridized carbons (Fsp3) is 0.812. The Bertz CT molecular complexity index is 135. The smallest absolute Gasteiger partial charge is 0.0316 e. The Hall–Kier alpha value is -0.260. The first-order valence-electron chi connectivity index (χ1n) is 7.36. The first-order chi connectivity index (χ1) is 7.91. The van der Waals surface area contributed by atoms with Gasteiger partial charge < -0.3 is 0 Å². The summed E-state index contributed by atoms with van der Waals surface area (Å²) in [7, 11) is 0.